The van der Waals surface area contributed by atoms with E-state index in [0.29, 0.717) is 12.1 Å². The van der Waals surface area contributed by atoms with Gasteiger partial charge in [-0.2, -0.15) is 0 Å². The first-order valence-electron chi connectivity index (χ1n) is 8.94. The molecule has 0 aromatic heterocycles. The Balaban J connectivity index is 1.79. The van der Waals surface area contributed by atoms with Crippen molar-refractivity contribution in [3.05, 3.63) is 0 Å². The number of hydrogen-bond donors (Lipinski definition) is 1. The maximum absolute atomic E-state index is 12.3. The number of carbonyl (C=O) groups excluding carboxylic acids is 1. The molecule has 2 aliphatic rings. The molecule has 0 bridgehead atoms. The number of nitrogens with one attached hydrogen (secondary N) is 1. The van der Waals surface area contributed by atoms with E-state index in [9.17, 15) is 4.79 Å². The highest BCUT2D eigenvalue weighted by Crippen LogP contribution is 2.24. The molecule has 6 heteroatoms. The minimum atomic E-state index is -0.423. The maximum atomic E-state index is 12.3. The number of hydrogen-bond acceptors (Lipinski definition) is 5. The Morgan fingerprint density at radius 3 is 2.48 bits per heavy atom. The molecular formula is C17H34N4O2. The monoisotopic (exact) mass is 326 g/mol. The first kappa shape index (κ1) is 18.5. The van der Waals surface area contributed by atoms with Crippen LogP contribution in [0.3, 0.4) is 0 Å². The number of amides is 1. The predicted octanol–water partition coefficient (Wildman–Crippen LogP) is 1.92. The number of piperazine rings is 1. The molecule has 0 aromatic rings. The molecule has 1 N–H and O–H groups in total. The van der Waals surface area contributed by atoms with Crippen LogP contribution in [-0.2, 0) is 4.74 Å². The summed E-state index contributed by atoms with van der Waals surface area (Å²) in [6, 6.07) is 0.659. The number of rotatable bonds is 4. The molecule has 2 unspecified atom stereocenters. The van der Waals surface area contributed by atoms with Gasteiger partial charge in [-0.25, -0.2) is 9.80 Å². The summed E-state index contributed by atoms with van der Waals surface area (Å²) in [6.45, 7) is 13.1. The molecule has 1 amide bonds. The van der Waals surface area contributed by atoms with Crippen molar-refractivity contribution in [3.8, 4) is 0 Å². The summed E-state index contributed by atoms with van der Waals surface area (Å²) in [4.78, 5) is 16.6. The molecule has 0 aromatic carbocycles. The van der Waals surface area contributed by atoms with Crippen LogP contribution in [-0.4, -0.2) is 78.4 Å². The molecule has 6 nitrogen and oxygen atoms in total. The van der Waals surface area contributed by atoms with Crippen molar-refractivity contribution in [2.75, 3.05) is 39.8 Å². The largest absolute Gasteiger partial charge is 0.444 e. The Hall–Kier alpha value is -0.850. The molecule has 134 valence electrons. The van der Waals surface area contributed by atoms with Crippen molar-refractivity contribution in [1.82, 2.24) is 20.2 Å². The second-order valence-corrected chi connectivity index (χ2v) is 8.03. The molecule has 2 atom stereocenters. The standard InChI is InChI=1S/C17H34N4O2/c1-14(18-20-11-9-19(5)10-12-20)13-15-7-6-8-21(15)16(22)23-17(2,3)4/h14-15,18H,6-13H2,1-5H3. The third-order valence-electron chi connectivity index (χ3n) is 4.54. The van der Waals surface area contributed by atoms with E-state index >= 15 is 0 Å². The van der Waals surface area contributed by atoms with E-state index in [1.54, 1.807) is 0 Å². The summed E-state index contributed by atoms with van der Waals surface area (Å²) in [6.07, 6.45) is 2.97. The Morgan fingerprint density at radius 1 is 1.22 bits per heavy atom. The molecule has 0 spiro atoms. The lowest BCUT2D eigenvalue weighted by molar-refractivity contribution is 0.0198. The summed E-state index contributed by atoms with van der Waals surface area (Å²) < 4.78 is 5.55. The lowest BCUT2D eigenvalue weighted by Gasteiger charge is -2.36. The average molecular weight is 326 g/mol. The summed E-state index contributed by atoms with van der Waals surface area (Å²) in [5, 5.41) is 2.32. The number of nitrogens with zero attached hydrogens (tertiary/aromatic N) is 3. The van der Waals surface area contributed by atoms with Crippen LogP contribution in [0.1, 0.15) is 47.0 Å². The van der Waals surface area contributed by atoms with E-state index in [1.165, 1.54) is 0 Å². The lowest BCUT2D eigenvalue weighted by Crippen LogP contribution is -2.54. The molecule has 2 heterocycles. The number of likely N-dealkylation sites (tertiary alicyclic amines) is 1. The second kappa shape index (κ2) is 7.81. The topological polar surface area (TPSA) is 48.1 Å². The molecule has 2 rings (SSSR count). The minimum absolute atomic E-state index is 0.160. The van der Waals surface area contributed by atoms with Crippen molar-refractivity contribution in [2.45, 2.75) is 64.6 Å². The van der Waals surface area contributed by atoms with Crippen LogP contribution < -0.4 is 5.43 Å². The van der Waals surface area contributed by atoms with Crippen LogP contribution in [0.25, 0.3) is 0 Å². The first-order chi connectivity index (χ1) is 10.7. The molecule has 23 heavy (non-hydrogen) atoms. The number of likely N-dealkylation sites (N-methyl/N-ethyl adjacent to an activating group) is 1. The Labute approximate surface area is 141 Å². The number of hydrazine groups is 1. The van der Waals surface area contributed by atoms with Crippen LogP contribution in [0.2, 0.25) is 0 Å². The van der Waals surface area contributed by atoms with Gasteiger partial charge < -0.3 is 14.5 Å². The summed E-state index contributed by atoms with van der Waals surface area (Å²) in [5.41, 5.74) is 3.18. The van der Waals surface area contributed by atoms with Gasteiger partial charge in [0, 0.05) is 44.8 Å². The quantitative estimate of drug-likeness (QED) is 0.855. The van der Waals surface area contributed by atoms with Gasteiger partial charge in [0.05, 0.1) is 0 Å². The van der Waals surface area contributed by atoms with Gasteiger partial charge >= 0.3 is 6.09 Å². The van der Waals surface area contributed by atoms with Gasteiger partial charge in [-0.3, -0.25) is 5.43 Å². The third-order valence-corrected chi connectivity index (χ3v) is 4.54. The van der Waals surface area contributed by atoms with Gasteiger partial charge in [0.2, 0.25) is 0 Å². The smallest absolute Gasteiger partial charge is 0.410 e. The van der Waals surface area contributed by atoms with E-state index in [1.807, 2.05) is 25.7 Å². The van der Waals surface area contributed by atoms with E-state index in [4.69, 9.17) is 4.74 Å². The first-order valence-corrected chi connectivity index (χ1v) is 8.94. The zero-order chi connectivity index (χ0) is 17.0. The molecule has 0 saturated carbocycles. The van der Waals surface area contributed by atoms with Gasteiger partial charge in [0.15, 0.2) is 0 Å². The van der Waals surface area contributed by atoms with Crippen LogP contribution >= 0.6 is 0 Å². The fourth-order valence-electron chi connectivity index (χ4n) is 3.35. The second-order valence-electron chi connectivity index (χ2n) is 8.03. The zero-order valence-corrected chi connectivity index (χ0v) is 15.5. The summed E-state index contributed by atoms with van der Waals surface area (Å²) in [5.74, 6) is 0. The molecular weight excluding hydrogens is 292 g/mol. The van der Waals surface area contributed by atoms with Crippen LogP contribution in [0.4, 0.5) is 4.79 Å². The summed E-state index contributed by atoms with van der Waals surface area (Å²) >= 11 is 0. The molecule has 2 fully saturated rings. The highest BCUT2D eigenvalue weighted by molar-refractivity contribution is 5.68. The Kier molecular flexibility index (Phi) is 6.28. The normalized spacial score (nSPS) is 25.6. The average Bonchev–Trinajstić information content (AvgIpc) is 2.87. The van der Waals surface area contributed by atoms with Gasteiger partial charge in [0.1, 0.15) is 5.60 Å². The number of carbonyl (C=O) groups is 1. The Morgan fingerprint density at radius 2 is 1.87 bits per heavy atom. The van der Waals surface area contributed by atoms with Crippen molar-refractivity contribution in [1.29, 1.82) is 0 Å². The molecule has 2 aliphatic heterocycles. The van der Waals surface area contributed by atoms with E-state index < -0.39 is 5.60 Å². The predicted molar refractivity (Wildman–Crippen MR) is 92.2 cm³/mol. The maximum Gasteiger partial charge on any atom is 0.410 e. The SMILES string of the molecule is CC(CC1CCCN1C(=O)OC(C)(C)C)NN1CCN(C)CC1. The van der Waals surface area contributed by atoms with Crippen LogP contribution in [0.15, 0.2) is 0 Å². The van der Waals surface area contributed by atoms with Crippen molar-refractivity contribution >= 4 is 6.09 Å². The Bertz CT molecular complexity index is 389. The highest BCUT2D eigenvalue weighted by Gasteiger charge is 2.33. The zero-order valence-electron chi connectivity index (χ0n) is 15.5. The van der Waals surface area contributed by atoms with Crippen LogP contribution in [0.5, 0.6) is 0 Å². The lowest BCUT2D eigenvalue weighted by atomic mass is 10.1. The molecule has 0 aliphatic carbocycles. The number of ether oxygens (including phenoxy) is 1. The van der Waals surface area contributed by atoms with Crippen molar-refractivity contribution < 1.29 is 9.53 Å². The third kappa shape index (κ3) is 5.94. The summed E-state index contributed by atoms with van der Waals surface area (Å²) in [7, 11) is 2.16. The molecule has 2 saturated heterocycles. The van der Waals surface area contributed by atoms with Gasteiger partial charge in [-0.05, 0) is 54.0 Å². The van der Waals surface area contributed by atoms with Gasteiger partial charge in [0.25, 0.3) is 0 Å². The minimum Gasteiger partial charge on any atom is -0.444 e. The fourth-order valence-corrected chi connectivity index (χ4v) is 3.35. The highest BCUT2D eigenvalue weighted by atomic mass is 16.6. The van der Waals surface area contributed by atoms with E-state index in [0.717, 1.165) is 52.0 Å². The van der Waals surface area contributed by atoms with Gasteiger partial charge in [-0.15, -0.1) is 0 Å². The fraction of sp³-hybridized carbons (Fsp3) is 0.941. The van der Waals surface area contributed by atoms with E-state index in [-0.39, 0.29) is 6.09 Å². The van der Waals surface area contributed by atoms with Crippen LogP contribution in [0, 0.1) is 0 Å². The molecule has 0 radical (unpaired) electrons. The van der Waals surface area contributed by atoms with Crippen molar-refractivity contribution in [2.24, 2.45) is 0 Å². The van der Waals surface area contributed by atoms with Crippen molar-refractivity contribution in [3.63, 3.8) is 0 Å². The van der Waals surface area contributed by atoms with E-state index in [2.05, 4.69) is 29.3 Å². The van der Waals surface area contributed by atoms with Gasteiger partial charge in [-0.1, -0.05) is 0 Å².